The molecule has 0 radical (unpaired) electrons. The van der Waals surface area contributed by atoms with Gasteiger partial charge in [0, 0.05) is 13.2 Å². The SMILES string of the molecule is COCCOc1ccc(NC(=O)Oc2ccccc2)cn1. The monoisotopic (exact) mass is 288 g/mol. The number of benzene rings is 1. The molecule has 0 aliphatic carbocycles. The standard InChI is InChI=1S/C15H16N2O4/c1-19-9-10-20-14-8-7-12(11-16-14)17-15(18)21-13-5-3-2-4-6-13/h2-8,11H,9-10H2,1H3,(H,17,18). The number of pyridine rings is 1. The molecule has 6 heteroatoms. The van der Waals surface area contributed by atoms with Crippen molar-refractivity contribution in [2.45, 2.75) is 0 Å². The maximum atomic E-state index is 11.7. The molecule has 0 spiro atoms. The lowest BCUT2D eigenvalue weighted by Gasteiger charge is -2.07. The van der Waals surface area contributed by atoms with Crippen LogP contribution in [-0.2, 0) is 4.74 Å². The van der Waals surface area contributed by atoms with Crippen LogP contribution < -0.4 is 14.8 Å². The van der Waals surface area contributed by atoms with E-state index < -0.39 is 6.09 Å². The predicted molar refractivity (Wildman–Crippen MR) is 77.7 cm³/mol. The van der Waals surface area contributed by atoms with E-state index in [1.165, 1.54) is 6.20 Å². The van der Waals surface area contributed by atoms with Crippen molar-refractivity contribution in [2.24, 2.45) is 0 Å². The highest BCUT2D eigenvalue weighted by molar-refractivity contribution is 5.86. The van der Waals surface area contributed by atoms with Gasteiger partial charge < -0.3 is 14.2 Å². The summed E-state index contributed by atoms with van der Waals surface area (Å²) in [4.78, 5) is 15.7. The highest BCUT2D eigenvalue weighted by Gasteiger charge is 2.05. The molecule has 110 valence electrons. The number of para-hydroxylation sites is 1. The van der Waals surface area contributed by atoms with Crippen LogP contribution in [-0.4, -0.2) is 31.4 Å². The number of nitrogens with one attached hydrogen (secondary N) is 1. The Bertz CT molecular complexity index is 558. The van der Waals surface area contributed by atoms with Gasteiger partial charge in [0.25, 0.3) is 0 Å². The number of hydrogen-bond donors (Lipinski definition) is 1. The number of hydrogen-bond acceptors (Lipinski definition) is 5. The quantitative estimate of drug-likeness (QED) is 0.828. The molecule has 0 atom stereocenters. The lowest BCUT2D eigenvalue weighted by atomic mass is 10.3. The Kier molecular flexibility index (Phi) is 5.54. The normalized spacial score (nSPS) is 9.95. The minimum Gasteiger partial charge on any atom is -0.475 e. The van der Waals surface area contributed by atoms with Gasteiger partial charge in [-0.3, -0.25) is 5.32 Å². The van der Waals surface area contributed by atoms with E-state index in [-0.39, 0.29) is 0 Å². The van der Waals surface area contributed by atoms with Crippen molar-refractivity contribution in [3.8, 4) is 11.6 Å². The van der Waals surface area contributed by atoms with Gasteiger partial charge in [0.1, 0.15) is 12.4 Å². The van der Waals surface area contributed by atoms with Gasteiger partial charge in [-0.25, -0.2) is 9.78 Å². The Morgan fingerprint density at radius 2 is 1.95 bits per heavy atom. The lowest BCUT2D eigenvalue weighted by Crippen LogP contribution is -2.16. The molecule has 1 heterocycles. The van der Waals surface area contributed by atoms with Crippen LogP contribution in [0.3, 0.4) is 0 Å². The van der Waals surface area contributed by atoms with Gasteiger partial charge in [0.15, 0.2) is 0 Å². The van der Waals surface area contributed by atoms with Crippen LogP contribution in [0.15, 0.2) is 48.7 Å². The number of anilines is 1. The minimum atomic E-state index is -0.573. The third-order valence-electron chi connectivity index (χ3n) is 2.47. The van der Waals surface area contributed by atoms with Gasteiger partial charge in [0.05, 0.1) is 18.5 Å². The number of carbonyl (C=O) groups excluding carboxylic acids is 1. The van der Waals surface area contributed by atoms with E-state index in [0.29, 0.717) is 30.5 Å². The molecule has 1 aromatic carbocycles. The topological polar surface area (TPSA) is 69.7 Å². The Labute approximate surface area is 122 Å². The first kappa shape index (κ1) is 14.8. The van der Waals surface area contributed by atoms with Crippen LogP contribution in [0.2, 0.25) is 0 Å². The molecule has 1 N–H and O–H groups in total. The van der Waals surface area contributed by atoms with Gasteiger partial charge in [-0.1, -0.05) is 18.2 Å². The maximum absolute atomic E-state index is 11.7. The van der Waals surface area contributed by atoms with E-state index in [2.05, 4.69) is 10.3 Å². The summed E-state index contributed by atoms with van der Waals surface area (Å²) in [6.07, 6.45) is 0.921. The maximum Gasteiger partial charge on any atom is 0.417 e. The van der Waals surface area contributed by atoms with Gasteiger partial charge in [-0.05, 0) is 18.2 Å². The molecule has 0 aliphatic rings. The van der Waals surface area contributed by atoms with Crippen molar-refractivity contribution >= 4 is 11.8 Å². The second kappa shape index (κ2) is 7.86. The fourth-order valence-electron chi connectivity index (χ4n) is 1.51. The summed E-state index contributed by atoms with van der Waals surface area (Å²) in [6, 6.07) is 12.2. The number of ether oxygens (including phenoxy) is 3. The van der Waals surface area contributed by atoms with Crippen LogP contribution >= 0.6 is 0 Å². The van der Waals surface area contributed by atoms with Crippen molar-refractivity contribution in [1.29, 1.82) is 0 Å². The van der Waals surface area contributed by atoms with Crippen molar-refractivity contribution in [3.63, 3.8) is 0 Å². The molecule has 1 aromatic heterocycles. The second-order valence-electron chi connectivity index (χ2n) is 4.05. The molecule has 0 fully saturated rings. The zero-order valence-corrected chi connectivity index (χ0v) is 11.6. The third-order valence-corrected chi connectivity index (χ3v) is 2.47. The van der Waals surface area contributed by atoms with Crippen molar-refractivity contribution in [1.82, 2.24) is 4.98 Å². The van der Waals surface area contributed by atoms with Crippen LogP contribution in [0.25, 0.3) is 0 Å². The molecule has 0 saturated carbocycles. The minimum absolute atomic E-state index is 0.423. The lowest BCUT2D eigenvalue weighted by molar-refractivity contribution is 0.144. The smallest absolute Gasteiger partial charge is 0.417 e. The number of amides is 1. The molecule has 0 aliphatic heterocycles. The highest BCUT2D eigenvalue weighted by Crippen LogP contribution is 2.13. The molecular weight excluding hydrogens is 272 g/mol. The summed E-state index contributed by atoms with van der Waals surface area (Å²) in [6.45, 7) is 0.914. The van der Waals surface area contributed by atoms with E-state index in [1.54, 1.807) is 43.5 Å². The summed E-state index contributed by atoms with van der Waals surface area (Å²) in [7, 11) is 1.60. The van der Waals surface area contributed by atoms with Gasteiger partial charge in [0.2, 0.25) is 5.88 Å². The Morgan fingerprint density at radius 3 is 2.62 bits per heavy atom. The molecule has 0 unspecified atom stereocenters. The summed E-state index contributed by atoms with van der Waals surface area (Å²) >= 11 is 0. The zero-order valence-electron chi connectivity index (χ0n) is 11.6. The first-order valence-electron chi connectivity index (χ1n) is 6.39. The number of methoxy groups -OCH3 is 1. The fraction of sp³-hybridized carbons (Fsp3) is 0.200. The average Bonchev–Trinajstić information content (AvgIpc) is 2.50. The van der Waals surface area contributed by atoms with Crippen molar-refractivity contribution in [2.75, 3.05) is 25.6 Å². The highest BCUT2D eigenvalue weighted by atomic mass is 16.6. The predicted octanol–water partition coefficient (Wildman–Crippen LogP) is 2.72. The molecule has 2 rings (SSSR count). The summed E-state index contributed by atoms with van der Waals surface area (Å²) in [5, 5.41) is 2.58. The molecule has 0 saturated heterocycles. The number of rotatable bonds is 6. The summed E-state index contributed by atoms with van der Waals surface area (Å²) in [5.41, 5.74) is 0.523. The Balaban J connectivity index is 1.83. The van der Waals surface area contributed by atoms with Crippen LogP contribution in [0.1, 0.15) is 0 Å². The molecule has 1 amide bonds. The fourth-order valence-corrected chi connectivity index (χ4v) is 1.51. The zero-order chi connectivity index (χ0) is 14.9. The van der Waals surface area contributed by atoms with Gasteiger partial charge in [-0.2, -0.15) is 0 Å². The van der Waals surface area contributed by atoms with E-state index in [4.69, 9.17) is 14.2 Å². The number of carbonyl (C=O) groups is 1. The van der Waals surface area contributed by atoms with E-state index in [1.807, 2.05) is 6.07 Å². The first-order chi connectivity index (χ1) is 10.3. The number of aromatic nitrogens is 1. The van der Waals surface area contributed by atoms with Gasteiger partial charge >= 0.3 is 6.09 Å². The van der Waals surface area contributed by atoms with E-state index in [0.717, 1.165) is 0 Å². The summed E-state index contributed by atoms with van der Waals surface area (Å²) in [5.74, 6) is 0.941. The van der Waals surface area contributed by atoms with Crippen LogP contribution in [0, 0.1) is 0 Å². The average molecular weight is 288 g/mol. The molecular formula is C15H16N2O4. The third kappa shape index (κ3) is 5.12. The summed E-state index contributed by atoms with van der Waals surface area (Å²) < 4.78 is 15.3. The van der Waals surface area contributed by atoms with Crippen molar-refractivity contribution in [3.05, 3.63) is 48.7 Å². The second-order valence-corrected chi connectivity index (χ2v) is 4.05. The van der Waals surface area contributed by atoms with Crippen LogP contribution in [0.5, 0.6) is 11.6 Å². The first-order valence-corrected chi connectivity index (χ1v) is 6.39. The molecule has 21 heavy (non-hydrogen) atoms. The molecule has 0 bridgehead atoms. The van der Waals surface area contributed by atoms with Crippen molar-refractivity contribution < 1.29 is 19.0 Å². The van der Waals surface area contributed by atoms with Crippen LogP contribution in [0.4, 0.5) is 10.5 Å². The van der Waals surface area contributed by atoms with Gasteiger partial charge in [-0.15, -0.1) is 0 Å². The van der Waals surface area contributed by atoms with E-state index in [9.17, 15) is 4.79 Å². The number of nitrogens with zero attached hydrogens (tertiary/aromatic N) is 1. The molecule has 6 nitrogen and oxygen atoms in total. The molecule has 2 aromatic rings. The largest absolute Gasteiger partial charge is 0.475 e. The Morgan fingerprint density at radius 1 is 1.14 bits per heavy atom. The Hall–Kier alpha value is -2.60. The van der Waals surface area contributed by atoms with E-state index >= 15 is 0 Å².